The Kier molecular flexibility index (Phi) is 8.23. The minimum Gasteiger partial charge on any atom is -0.478 e. The molecule has 3 N–H and O–H groups in total. The Balaban J connectivity index is 1.32. The van der Waals surface area contributed by atoms with Crippen LogP contribution in [0.5, 0.6) is 5.75 Å². The van der Waals surface area contributed by atoms with Crippen LogP contribution in [-0.2, 0) is 4.74 Å². The number of carbonyl (C=O) groups is 1. The quantitative estimate of drug-likeness (QED) is 0.260. The second-order valence-electron chi connectivity index (χ2n) is 9.17. The number of fused-ring (bicyclic) bond motifs is 1. The fourth-order valence-electron chi connectivity index (χ4n) is 4.52. The van der Waals surface area contributed by atoms with Gasteiger partial charge in [-0.2, -0.15) is 0 Å². The van der Waals surface area contributed by atoms with Crippen LogP contribution in [0, 0.1) is 5.82 Å². The molecule has 1 atom stereocenters. The molecular formula is C28H27Cl2FN4O4. The number of hydrogen-bond acceptors (Lipinski definition) is 7. The summed E-state index contributed by atoms with van der Waals surface area (Å²) in [5, 5.41) is 3.76. The number of morpholine rings is 1. The molecular weight excluding hydrogens is 546 g/mol. The van der Waals surface area contributed by atoms with Crippen LogP contribution in [0.1, 0.15) is 28.9 Å². The van der Waals surface area contributed by atoms with Crippen LogP contribution < -0.4 is 15.8 Å². The molecule has 39 heavy (non-hydrogen) atoms. The number of carbonyl (C=O) groups excluding carboxylic acids is 1. The SMILES string of the molecule is C[C@@H](Oc1c(N)ncc2c(-c3ccc(C(=O)NCCN4CCOCC4)cc3)coc12)c1c(Cl)ccc(F)c1Cl. The Hall–Kier alpha value is -3.37. The molecule has 4 aromatic rings. The average Bonchev–Trinajstić information content (AvgIpc) is 3.37. The first-order valence-electron chi connectivity index (χ1n) is 12.5. The number of ether oxygens (including phenoxy) is 2. The van der Waals surface area contributed by atoms with Crippen molar-refractivity contribution < 1.29 is 23.1 Å². The van der Waals surface area contributed by atoms with Crippen molar-refractivity contribution >= 4 is 45.9 Å². The van der Waals surface area contributed by atoms with Crippen LogP contribution in [0.2, 0.25) is 10.0 Å². The summed E-state index contributed by atoms with van der Waals surface area (Å²) in [4.78, 5) is 19.1. The zero-order valence-electron chi connectivity index (χ0n) is 21.2. The van der Waals surface area contributed by atoms with Gasteiger partial charge in [0.15, 0.2) is 11.4 Å². The average molecular weight is 573 g/mol. The molecule has 0 spiro atoms. The third-order valence-electron chi connectivity index (χ3n) is 6.66. The Labute approximate surface area is 234 Å². The van der Waals surface area contributed by atoms with Gasteiger partial charge in [-0.25, -0.2) is 9.37 Å². The standard InChI is InChI=1S/C28H27Cl2FN4O4/c1-16(23-21(29)6-7-22(31)24(23)30)39-26-25-19(14-34-27(26)32)20(15-38-25)17-2-4-18(5-3-17)28(36)33-8-9-35-10-12-37-13-11-35/h2-7,14-16H,8-13H2,1H3,(H2,32,34)(H,33,36)/t16-/m1/s1. The number of nitrogens with two attached hydrogens (primary N) is 1. The van der Waals surface area contributed by atoms with Crippen LogP contribution in [0.25, 0.3) is 22.1 Å². The van der Waals surface area contributed by atoms with E-state index in [0.29, 0.717) is 28.6 Å². The maximum absolute atomic E-state index is 14.1. The van der Waals surface area contributed by atoms with Gasteiger partial charge in [-0.3, -0.25) is 9.69 Å². The van der Waals surface area contributed by atoms with Crippen LogP contribution in [0.3, 0.4) is 0 Å². The normalized spacial score (nSPS) is 14.9. The van der Waals surface area contributed by atoms with Gasteiger partial charge >= 0.3 is 0 Å². The minimum absolute atomic E-state index is 0.1000. The lowest BCUT2D eigenvalue weighted by atomic mass is 10.0. The van der Waals surface area contributed by atoms with E-state index in [9.17, 15) is 9.18 Å². The highest BCUT2D eigenvalue weighted by Crippen LogP contribution is 2.41. The lowest BCUT2D eigenvalue weighted by Gasteiger charge is -2.26. The van der Waals surface area contributed by atoms with Crippen LogP contribution >= 0.6 is 23.2 Å². The number of rotatable bonds is 8. The Bertz CT molecular complexity index is 1490. The number of hydrogen-bond donors (Lipinski definition) is 2. The van der Waals surface area contributed by atoms with Crippen molar-refractivity contribution in [2.45, 2.75) is 13.0 Å². The fourth-order valence-corrected chi connectivity index (χ4v) is 5.20. The summed E-state index contributed by atoms with van der Waals surface area (Å²) in [7, 11) is 0. The summed E-state index contributed by atoms with van der Waals surface area (Å²) in [6.45, 7) is 6.23. The molecule has 1 saturated heterocycles. The van der Waals surface area contributed by atoms with E-state index in [2.05, 4.69) is 15.2 Å². The zero-order valence-corrected chi connectivity index (χ0v) is 22.7. The molecule has 0 bridgehead atoms. The van der Waals surface area contributed by atoms with E-state index in [1.165, 1.54) is 12.1 Å². The molecule has 5 rings (SSSR count). The number of anilines is 1. The van der Waals surface area contributed by atoms with E-state index in [1.54, 1.807) is 31.5 Å². The smallest absolute Gasteiger partial charge is 0.251 e. The molecule has 1 aliphatic heterocycles. The number of nitrogen functional groups attached to an aromatic ring is 1. The highest BCUT2D eigenvalue weighted by molar-refractivity contribution is 6.36. The number of nitrogens with one attached hydrogen (secondary N) is 1. The summed E-state index contributed by atoms with van der Waals surface area (Å²) in [6, 6.07) is 9.81. The fraction of sp³-hybridized carbons (Fsp3) is 0.286. The third kappa shape index (κ3) is 5.81. The number of nitrogens with zero attached hydrogens (tertiary/aromatic N) is 2. The van der Waals surface area contributed by atoms with Crippen molar-refractivity contribution in [2.24, 2.45) is 0 Å². The van der Waals surface area contributed by atoms with Gasteiger partial charge in [-0.1, -0.05) is 35.3 Å². The number of halogens is 3. The molecule has 0 radical (unpaired) electrons. The third-order valence-corrected chi connectivity index (χ3v) is 7.37. The number of amides is 1. The minimum atomic E-state index is -0.745. The Morgan fingerprint density at radius 3 is 2.69 bits per heavy atom. The van der Waals surface area contributed by atoms with E-state index in [0.717, 1.165) is 44.0 Å². The zero-order chi connectivity index (χ0) is 27.5. The molecule has 0 unspecified atom stereocenters. The molecule has 3 heterocycles. The van der Waals surface area contributed by atoms with Gasteiger partial charge in [0.1, 0.15) is 11.9 Å². The maximum Gasteiger partial charge on any atom is 0.251 e. The van der Waals surface area contributed by atoms with Crippen molar-refractivity contribution in [2.75, 3.05) is 45.1 Å². The predicted octanol–water partition coefficient (Wildman–Crippen LogP) is 5.72. The van der Waals surface area contributed by atoms with Crippen molar-refractivity contribution in [1.82, 2.24) is 15.2 Å². The van der Waals surface area contributed by atoms with Crippen molar-refractivity contribution in [1.29, 1.82) is 0 Å². The first kappa shape index (κ1) is 27.2. The van der Waals surface area contributed by atoms with Crippen LogP contribution in [0.15, 0.2) is 53.3 Å². The second-order valence-corrected chi connectivity index (χ2v) is 9.95. The number of pyridine rings is 1. The molecule has 0 saturated carbocycles. The second kappa shape index (κ2) is 11.8. The van der Waals surface area contributed by atoms with E-state index in [4.69, 9.17) is 42.8 Å². The molecule has 1 aliphatic rings. The van der Waals surface area contributed by atoms with Crippen LogP contribution in [-0.4, -0.2) is 55.2 Å². The number of benzene rings is 2. The summed E-state index contributed by atoms with van der Waals surface area (Å²) in [5.74, 6) is -0.451. The van der Waals surface area contributed by atoms with E-state index < -0.39 is 11.9 Å². The molecule has 1 fully saturated rings. The van der Waals surface area contributed by atoms with Gasteiger partial charge in [0.25, 0.3) is 5.91 Å². The lowest BCUT2D eigenvalue weighted by molar-refractivity contribution is 0.0383. The molecule has 11 heteroatoms. The highest BCUT2D eigenvalue weighted by atomic mass is 35.5. The van der Waals surface area contributed by atoms with E-state index in [-0.39, 0.29) is 27.5 Å². The van der Waals surface area contributed by atoms with Gasteiger partial charge in [-0.05, 0) is 36.8 Å². The molecule has 2 aromatic carbocycles. The number of furan rings is 1. The summed E-state index contributed by atoms with van der Waals surface area (Å²) in [5.41, 5.74) is 8.90. The maximum atomic E-state index is 14.1. The van der Waals surface area contributed by atoms with Crippen molar-refractivity contribution in [3.63, 3.8) is 0 Å². The van der Waals surface area contributed by atoms with Gasteiger partial charge in [0.2, 0.25) is 5.75 Å². The molecule has 1 amide bonds. The van der Waals surface area contributed by atoms with Gasteiger partial charge in [0, 0.05) is 54.1 Å². The lowest BCUT2D eigenvalue weighted by Crippen LogP contribution is -2.41. The monoisotopic (exact) mass is 572 g/mol. The van der Waals surface area contributed by atoms with Gasteiger partial charge < -0.3 is 24.9 Å². The van der Waals surface area contributed by atoms with Gasteiger partial charge in [-0.15, -0.1) is 0 Å². The molecule has 0 aliphatic carbocycles. The first-order chi connectivity index (χ1) is 18.8. The summed E-state index contributed by atoms with van der Waals surface area (Å²) >= 11 is 12.4. The summed E-state index contributed by atoms with van der Waals surface area (Å²) in [6.07, 6.45) is 2.42. The first-order valence-corrected chi connectivity index (χ1v) is 13.2. The van der Waals surface area contributed by atoms with E-state index in [1.807, 2.05) is 12.1 Å². The molecule has 204 valence electrons. The number of aromatic nitrogens is 1. The van der Waals surface area contributed by atoms with Crippen LogP contribution in [0.4, 0.5) is 10.2 Å². The van der Waals surface area contributed by atoms with Crippen molar-refractivity contribution in [3.8, 4) is 16.9 Å². The topological polar surface area (TPSA) is 103 Å². The molecule has 8 nitrogen and oxygen atoms in total. The van der Waals surface area contributed by atoms with Gasteiger partial charge in [0.05, 0.1) is 29.9 Å². The molecule has 2 aromatic heterocycles. The van der Waals surface area contributed by atoms with Crippen molar-refractivity contribution in [3.05, 3.63) is 75.8 Å². The summed E-state index contributed by atoms with van der Waals surface area (Å²) < 4.78 is 31.3. The highest BCUT2D eigenvalue weighted by Gasteiger charge is 2.23. The Morgan fingerprint density at radius 2 is 1.95 bits per heavy atom. The van der Waals surface area contributed by atoms with E-state index >= 15 is 0 Å². The largest absolute Gasteiger partial charge is 0.478 e. The Morgan fingerprint density at radius 1 is 1.21 bits per heavy atom. The predicted molar refractivity (Wildman–Crippen MR) is 149 cm³/mol.